The van der Waals surface area contributed by atoms with Crippen molar-refractivity contribution in [3.63, 3.8) is 0 Å². The van der Waals surface area contributed by atoms with Crippen molar-refractivity contribution in [3.8, 4) is 11.4 Å². The van der Waals surface area contributed by atoms with Crippen molar-refractivity contribution in [2.75, 3.05) is 38.1 Å². The van der Waals surface area contributed by atoms with Crippen LogP contribution < -0.4 is 10.5 Å². The highest BCUT2D eigenvalue weighted by Gasteiger charge is 2.15. The molecule has 0 unspecified atom stereocenters. The second-order valence-electron chi connectivity index (χ2n) is 6.87. The van der Waals surface area contributed by atoms with Crippen LogP contribution in [0.3, 0.4) is 0 Å². The third-order valence-corrected chi connectivity index (χ3v) is 5.24. The van der Waals surface area contributed by atoms with Gasteiger partial charge >= 0.3 is 0 Å². The van der Waals surface area contributed by atoms with Crippen LogP contribution in [0.1, 0.15) is 12.3 Å². The molecule has 1 saturated heterocycles. The molecule has 4 rings (SSSR count). The molecule has 1 aliphatic rings. The number of rotatable bonds is 4. The Kier molecular flexibility index (Phi) is 5.54. The van der Waals surface area contributed by atoms with Crippen molar-refractivity contribution >= 4 is 21.7 Å². The third-order valence-electron chi connectivity index (χ3n) is 4.77. The van der Waals surface area contributed by atoms with Crippen LogP contribution in [-0.4, -0.2) is 57.8 Å². The fraction of sp³-hybridized carbons (Fsp3) is 0.368. The minimum atomic E-state index is -0.128. The lowest BCUT2D eigenvalue weighted by Crippen LogP contribution is -2.29. The molecule has 28 heavy (non-hydrogen) atoms. The molecule has 0 amide bonds. The van der Waals surface area contributed by atoms with Gasteiger partial charge in [0.1, 0.15) is 12.4 Å². The zero-order valence-corrected chi connectivity index (χ0v) is 17.2. The van der Waals surface area contributed by atoms with Crippen molar-refractivity contribution in [2.45, 2.75) is 13.0 Å². The van der Waals surface area contributed by atoms with E-state index >= 15 is 0 Å². The van der Waals surface area contributed by atoms with E-state index in [1.54, 1.807) is 18.5 Å². The Morgan fingerprint density at radius 3 is 2.86 bits per heavy atom. The van der Waals surface area contributed by atoms with Crippen molar-refractivity contribution in [1.29, 1.82) is 0 Å². The molecule has 0 spiro atoms. The summed E-state index contributed by atoms with van der Waals surface area (Å²) < 4.78 is 7.64. The minimum Gasteiger partial charge on any atom is -0.355 e. The van der Waals surface area contributed by atoms with E-state index in [1.165, 1.54) is 10.6 Å². The number of hydrogen-bond acceptors (Lipinski definition) is 7. The molecule has 1 fully saturated rings. The van der Waals surface area contributed by atoms with Gasteiger partial charge in [-0.1, -0.05) is 5.16 Å². The van der Waals surface area contributed by atoms with Crippen LogP contribution in [0.15, 0.2) is 50.4 Å². The molecule has 8 nitrogen and oxygen atoms in total. The van der Waals surface area contributed by atoms with Gasteiger partial charge in [0, 0.05) is 48.1 Å². The van der Waals surface area contributed by atoms with Gasteiger partial charge in [0.05, 0.1) is 0 Å². The van der Waals surface area contributed by atoms with E-state index in [-0.39, 0.29) is 12.1 Å². The van der Waals surface area contributed by atoms with Crippen molar-refractivity contribution in [2.24, 2.45) is 0 Å². The third kappa shape index (κ3) is 4.31. The van der Waals surface area contributed by atoms with Crippen LogP contribution in [0.2, 0.25) is 0 Å². The molecule has 0 saturated carbocycles. The van der Waals surface area contributed by atoms with Gasteiger partial charge in [-0.3, -0.25) is 4.79 Å². The summed E-state index contributed by atoms with van der Waals surface area (Å²) in [5.41, 5.74) is 0.657. The molecule has 146 valence electrons. The van der Waals surface area contributed by atoms with Gasteiger partial charge in [-0.2, -0.15) is 4.98 Å². The van der Waals surface area contributed by atoms with Gasteiger partial charge in [-0.25, -0.2) is 4.98 Å². The molecule has 0 bridgehead atoms. The molecule has 0 aliphatic carbocycles. The van der Waals surface area contributed by atoms with Crippen LogP contribution in [0.4, 0.5) is 5.82 Å². The maximum Gasteiger partial charge on any atom is 0.251 e. The van der Waals surface area contributed by atoms with Gasteiger partial charge in [0.15, 0.2) is 0 Å². The lowest BCUT2D eigenvalue weighted by Gasteiger charge is -2.21. The SMILES string of the molecule is CN1CCCN(c2ccc(-c3noc(Cn4cc(Br)ccc4=O)n3)cn2)CC1. The molecular weight excluding hydrogens is 424 g/mol. The van der Waals surface area contributed by atoms with Gasteiger partial charge in [0.25, 0.3) is 5.56 Å². The monoisotopic (exact) mass is 444 g/mol. The van der Waals surface area contributed by atoms with Gasteiger partial charge in [-0.05, 0) is 54.1 Å². The van der Waals surface area contributed by atoms with Crippen LogP contribution in [-0.2, 0) is 6.54 Å². The minimum absolute atomic E-state index is 0.128. The average molecular weight is 445 g/mol. The quantitative estimate of drug-likeness (QED) is 0.610. The number of likely N-dealkylation sites (N-methyl/N-ethyl adjacent to an activating group) is 1. The maximum atomic E-state index is 11.9. The molecule has 0 atom stereocenters. The predicted molar refractivity (Wildman–Crippen MR) is 109 cm³/mol. The fourth-order valence-electron chi connectivity index (χ4n) is 3.19. The van der Waals surface area contributed by atoms with E-state index in [4.69, 9.17) is 4.52 Å². The summed E-state index contributed by atoms with van der Waals surface area (Å²) >= 11 is 3.36. The molecule has 3 aromatic rings. The number of pyridine rings is 2. The Morgan fingerprint density at radius 1 is 1.14 bits per heavy atom. The summed E-state index contributed by atoms with van der Waals surface area (Å²) in [5.74, 6) is 1.80. The number of nitrogens with zero attached hydrogens (tertiary/aromatic N) is 6. The largest absolute Gasteiger partial charge is 0.355 e. The lowest BCUT2D eigenvalue weighted by molar-refractivity contribution is 0.360. The Labute approximate surface area is 170 Å². The summed E-state index contributed by atoms with van der Waals surface area (Å²) in [6.07, 6.45) is 4.59. The van der Waals surface area contributed by atoms with Gasteiger partial charge in [0.2, 0.25) is 11.7 Å². The van der Waals surface area contributed by atoms with Crippen LogP contribution >= 0.6 is 15.9 Å². The predicted octanol–water partition coefficient (Wildman–Crippen LogP) is 2.25. The van der Waals surface area contributed by atoms with Crippen molar-refractivity contribution in [1.82, 2.24) is 24.6 Å². The van der Waals surface area contributed by atoms with E-state index in [0.29, 0.717) is 11.7 Å². The Morgan fingerprint density at radius 2 is 2.04 bits per heavy atom. The van der Waals surface area contributed by atoms with Crippen molar-refractivity contribution < 1.29 is 4.52 Å². The number of halogens is 1. The smallest absolute Gasteiger partial charge is 0.251 e. The second-order valence-corrected chi connectivity index (χ2v) is 7.79. The molecule has 0 aromatic carbocycles. The number of hydrogen-bond donors (Lipinski definition) is 0. The summed E-state index contributed by atoms with van der Waals surface area (Å²) in [6, 6.07) is 7.14. The summed E-state index contributed by atoms with van der Waals surface area (Å²) in [4.78, 5) is 25.5. The normalized spacial score (nSPS) is 15.6. The van der Waals surface area contributed by atoms with E-state index in [0.717, 1.165) is 48.5 Å². The van der Waals surface area contributed by atoms with E-state index in [1.807, 2.05) is 12.1 Å². The van der Waals surface area contributed by atoms with Crippen LogP contribution in [0.25, 0.3) is 11.4 Å². The zero-order valence-electron chi connectivity index (χ0n) is 15.6. The second kappa shape index (κ2) is 8.24. The van der Waals surface area contributed by atoms with Crippen molar-refractivity contribution in [3.05, 3.63) is 57.4 Å². The fourth-order valence-corrected chi connectivity index (χ4v) is 3.57. The molecule has 4 heterocycles. The van der Waals surface area contributed by atoms with E-state index in [9.17, 15) is 4.79 Å². The summed E-state index contributed by atoms with van der Waals surface area (Å²) in [7, 11) is 2.15. The van der Waals surface area contributed by atoms with Crippen LogP contribution in [0, 0.1) is 0 Å². The number of anilines is 1. The van der Waals surface area contributed by atoms with Gasteiger partial charge in [-0.15, -0.1) is 0 Å². The Balaban J connectivity index is 1.48. The Hall–Kier alpha value is -2.52. The molecule has 0 radical (unpaired) electrons. The topological polar surface area (TPSA) is 80.3 Å². The van der Waals surface area contributed by atoms with E-state index in [2.05, 4.69) is 47.9 Å². The summed E-state index contributed by atoms with van der Waals surface area (Å²) in [6.45, 7) is 4.34. The molecule has 3 aromatic heterocycles. The molecule has 0 N–H and O–H groups in total. The zero-order chi connectivity index (χ0) is 19.5. The first kappa shape index (κ1) is 18.8. The number of aromatic nitrogens is 4. The average Bonchev–Trinajstić information content (AvgIpc) is 3.05. The lowest BCUT2D eigenvalue weighted by atomic mass is 10.2. The van der Waals surface area contributed by atoms with Gasteiger partial charge < -0.3 is 18.9 Å². The molecular formula is C19H21BrN6O2. The standard InChI is InChI=1S/C19H21BrN6O2/c1-24-7-2-8-25(10-9-24)16-5-3-14(11-21-16)19-22-17(28-23-19)13-26-12-15(20)4-6-18(26)27/h3-6,11-12H,2,7-10,13H2,1H3. The maximum absolute atomic E-state index is 11.9. The first-order valence-electron chi connectivity index (χ1n) is 9.17. The first-order chi connectivity index (χ1) is 13.6. The molecule has 1 aliphatic heterocycles. The summed E-state index contributed by atoms with van der Waals surface area (Å²) in [5, 5.41) is 4.03. The highest BCUT2D eigenvalue weighted by atomic mass is 79.9. The highest BCUT2D eigenvalue weighted by molar-refractivity contribution is 9.10. The highest BCUT2D eigenvalue weighted by Crippen LogP contribution is 2.20. The van der Waals surface area contributed by atoms with Crippen LogP contribution in [0.5, 0.6) is 0 Å². The molecule has 9 heteroatoms. The van der Waals surface area contributed by atoms with E-state index < -0.39 is 0 Å². The Bertz CT molecular complexity index is 1000. The first-order valence-corrected chi connectivity index (χ1v) is 9.96.